The lowest BCUT2D eigenvalue weighted by Gasteiger charge is -2.46. The van der Waals surface area contributed by atoms with Crippen molar-refractivity contribution in [2.24, 2.45) is 11.8 Å². The maximum Gasteiger partial charge on any atom is 0.331 e. The first kappa shape index (κ1) is 29.9. The summed E-state index contributed by atoms with van der Waals surface area (Å²) in [5, 5.41) is 0.734. The lowest BCUT2D eigenvalue weighted by molar-refractivity contribution is 0.0124. The number of rotatable bonds is 1. The second kappa shape index (κ2) is 11.9. The molecule has 1 N–H and O–H groups in total. The molecule has 1 saturated carbocycles. The summed E-state index contributed by atoms with van der Waals surface area (Å²) in [6, 6.07) is 10.5. The number of nitrogens with zero attached hydrogens (tertiary/aromatic N) is 2. The van der Waals surface area contributed by atoms with Crippen LogP contribution in [-0.2, 0) is 31.3 Å². The SMILES string of the molecule is CO[C@H]1/C=C/COC2CCN(C2)C(=O)NS(=O)(=O)c2ccc3c(c2)N(C[C@@H]2CC[C@H]21)C[C@@]1(CCCc2cc(Cl)ccc21)CO3. The van der Waals surface area contributed by atoms with E-state index in [0.717, 1.165) is 49.4 Å². The van der Waals surface area contributed by atoms with Gasteiger partial charge in [0.2, 0.25) is 0 Å². The summed E-state index contributed by atoms with van der Waals surface area (Å²) in [6.07, 6.45) is 9.69. The summed E-state index contributed by atoms with van der Waals surface area (Å²) in [5.41, 5.74) is 2.98. The number of urea groups is 1. The van der Waals surface area contributed by atoms with Crippen LogP contribution < -0.4 is 14.4 Å². The molecule has 2 aliphatic carbocycles. The highest BCUT2D eigenvalue weighted by atomic mass is 35.5. The number of anilines is 1. The van der Waals surface area contributed by atoms with Crippen LogP contribution >= 0.6 is 11.6 Å². The minimum Gasteiger partial charge on any atom is -0.490 e. The molecule has 5 atom stereocenters. The van der Waals surface area contributed by atoms with Crippen LogP contribution in [0.25, 0.3) is 0 Å². The zero-order valence-electron chi connectivity index (χ0n) is 25.0. The molecule has 3 heterocycles. The highest BCUT2D eigenvalue weighted by molar-refractivity contribution is 7.90. The van der Waals surface area contributed by atoms with Gasteiger partial charge in [0.15, 0.2) is 0 Å². The first-order chi connectivity index (χ1) is 21.2. The van der Waals surface area contributed by atoms with Gasteiger partial charge in [-0.25, -0.2) is 17.9 Å². The van der Waals surface area contributed by atoms with Crippen LogP contribution in [0.5, 0.6) is 5.75 Å². The summed E-state index contributed by atoms with van der Waals surface area (Å²) in [4.78, 5) is 16.9. The fraction of sp³-hybridized carbons (Fsp3) is 0.545. The van der Waals surface area contributed by atoms with Crippen LogP contribution in [0.4, 0.5) is 10.5 Å². The molecule has 9 nitrogen and oxygen atoms in total. The largest absolute Gasteiger partial charge is 0.490 e. The molecule has 0 radical (unpaired) electrons. The monoisotopic (exact) mass is 641 g/mol. The Hall–Kier alpha value is -2.79. The molecule has 11 heteroatoms. The van der Waals surface area contributed by atoms with Gasteiger partial charge in [-0.3, -0.25) is 0 Å². The van der Waals surface area contributed by atoms with E-state index >= 15 is 0 Å². The molecular formula is C33H40ClN3O6S. The number of sulfonamides is 1. The predicted octanol–water partition coefficient (Wildman–Crippen LogP) is 4.91. The molecule has 1 unspecified atom stereocenters. The highest BCUT2D eigenvalue weighted by Gasteiger charge is 2.44. The summed E-state index contributed by atoms with van der Waals surface area (Å²) in [5.74, 6) is 1.34. The quantitative estimate of drug-likeness (QED) is 0.442. The lowest BCUT2D eigenvalue weighted by Crippen LogP contribution is -2.49. The number of hydrogen-bond donors (Lipinski definition) is 1. The summed E-state index contributed by atoms with van der Waals surface area (Å²) in [6.45, 7) is 3.10. The van der Waals surface area contributed by atoms with Crippen LogP contribution in [0, 0.1) is 11.8 Å². The number of methoxy groups -OCH3 is 1. The Balaban J connectivity index is 1.29. The number of aryl methyl sites for hydroxylation is 1. The Labute approximate surface area is 264 Å². The lowest BCUT2D eigenvalue weighted by atomic mass is 9.68. The highest BCUT2D eigenvalue weighted by Crippen LogP contribution is 2.47. The first-order valence-corrected chi connectivity index (χ1v) is 17.5. The Morgan fingerprint density at radius 3 is 2.80 bits per heavy atom. The van der Waals surface area contributed by atoms with Crippen LogP contribution in [0.2, 0.25) is 5.02 Å². The van der Waals surface area contributed by atoms with Crippen molar-refractivity contribution < 1.29 is 27.4 Å². The Kier molecular flexibility index (Phi) is 8.06. The van der Waals surface area contributed by atoms with Gasteiger partial charge in [-0.1, -0.05) is 29.8 Å². The molecule has 3 aliphatic heterocycles. The number of ether oxygens (including phenoxy) is 3. The minimum absolute atomic E-state index is 0.0389. The third kappa shape index (κ3) is 5.59. The molecule has 2 aromatic carbocycles. The number of halogens is 1. The molecule has 1 spiro atoms. The molecule has 2 aromatic rings. The van der Waals surface area contributed by atoms with Crippen molar-refractivity contribution in [2.75, 3.05) is 51.4 Å². The van der Waals surface area contributed by atoms with E-state index in [0.29, 0.717) is 56.9 Å². The third-order valence-electron chi connectivity index (χ3n) is 10.4. The van der Waals surface area contributed by atoms with Crippen molar-refractivity contribution in [3.63, 3.8) is 0 Å². The van der Waals surface area contributed by atoms with Gasteiger partial charge in [0, 0.05) is 43.7 Å². The second-order valence-corrected chi connectivity index (χ2v) is 15.1. The number of amides is 2. The van der Waals surface area contributed by atoms with Crippen molar-refractivity contribution in [2.45, 2.75) is 61.0 Å². The van der Waals surface area contributed by atoms with Crippen molar-refractivity contribution in [1.82, 2.24) is 9.62 Å². The van der Waals surface area contributed by atoms with Gasteiger partial charge in [0.05, 0.1) is 36.0 Å². The fourth-order valence-electron chi connectivity index (χ4n) is 7.86. The van der Waals surface area contributed by atoms with Gasteiger partial charge >= 0.3 is 6.03 Å². The summed E-state index contributed by atoms with van der Waals surface area (Å²) in [7, 11) is -2.37. The molecule has 236 valence electrons. The number of fused-ring (bicyclic) bond motifs is 6. The Morgan fingerprint density at radius 2 is 1.98 bits per heavy atom. The predicted molar refractivity (Wildman–Crippen MR) is 168 cm³/mol. The van der Waals surface area contributed by atoms with Crippen LogP contribution in [0.15, 0.2) is 53.4 Å². The molecule has 44 heavy (non-hydrogen) atoms. The van der Waals surface area contributed by atoms with Crippen LogP contribution in [0.1, 0.15) is 43.2 Å². The zero-order chi connectivity index (χ0) is 30.5. The fourth-order valence-corrected chi connectivity index (χ4v) is 9.05. The number of carbonyl (C=O) groups is 1. The van der Waals surface area contributed by atoms with Gasteiger partial charge in [-0.2, -0.15) is 0 Å². The summed E-state index contributed by atoms with van der Waals surface area (Å²) >= 11 is 6.41. The van der Waals surface area contributed by atoms with Gasteiger partial charge in [-0.05, 0) is 91.8 Å². The van der Waals surface area contributed by atoms with Crippen LogP contribution in [0.3, 0.4) is 0 Å². The molecule has 5 aliphatic rings. The second-order valence-electron chi connectivity index (χ2n) is 13.0. The maximum absolute atomic E-state index is 13.6. The standard InChI is InChI=1S/C33H40ClN3O6S/c1-41-30-5-3-15-42-25-12-14-36(19-25)32(38)35-44(39,40)26-8-11-31-29(17-26)37(18-23-6-9-27(23)30)20-33(21-43-31)13-2-4-22-16-24(34)7-10-28(22)33/h3,5,7-8,10-11,16-17,23,25,27,30H,2,4,6,9,12-15,18-21H2,1H3,(H,35,38)/b5-3+/t23-,25?,27+,30-,33-/m0/s1. The van der Waals surface area contributed by atoms with E-state index in [9.17, 15) is 13.2 Å². The van der Waals surface area contributed by atoms with Gasteiger partial charge in [-0.15, -0.1) is 0 Å². The topological polar surface area (TPSA) is 97.4 Å². The number of carbonyl (C=O) groups excluding carboxylic acids is 1. The summed E-state index contributed by atoms with van der Waals surface area (Å²) < 4.78 is 48.0. The average molecular weight is 642 g/mol. The van der Waals surface area contributed by atoms with E-state index in [1.165, 1.54) is 22.1 Å². The average Bonchev–Trinajstić information content (AvgIpc) is 3.41. The van der Waals surface area contributed by atoms with E-state index in [2.05, 4.69) is 27.8 Å². The first-order valence-electron chi connectivity index (χ1n) is 15.7. The van der Waals surface area contributed by atoms with E-state index in [4.69, 9.17) is 25.8 Å². The van der Waals surface area contributed by atoms with Crippen molar-refractivity contribution in [3.05, 3.63) is 64.7 Å². The normalized spacial score (nSPS) is 32.2. The van der Waals surface area contributed by atoms with E-state index in [1.54, 1.807) is 19.2 Å². The molecule has 0 aromatic heterocycles. The van der Waals surface area contributed by atoms with Crippen molar-refractivity contribution >= 4 is 33.3 Å². The molecule has 1 saturated heterocycles. The Morgan fingerprint density at radius 1 is 1.09 bits per heavy atom. The Bertz CT molecular complexity index is 1570. The van der Waals surface area contributed by atoms with Gasteiger partial charge < -0.3 is 24.0 Å². The van der Waals surface area contributed by atoms with Crippen molar-refractivity contribution in [1.29, 1.82) is 0 Å². The molecule has 7 rings (SSSR count). The number of hydrogen-bond acceptors (Lipinski definition) is 7. The van der Waals surface area contributed by atoms with Gasteiger partial charge in [0.1, 0.15) is 5.75 Å². The molecule has 4 bridgehead atoms. The molecule has 2 amide bonds. The zero-order valence-corrected chi connectivity index (χ0v) is 26.6. The number of nitrogens with one attached hydrogen (secondary N) is 1. The molecule has 2 fully saturated rings. The van der Waals surface area contributed by atoms with E-state index in [-0.39, 0.29) is 22.5 Å². The smallest absolute Gasteiger partial charge is 0.331 e. The van der Waals surface area contributed by atoms with E-state index in [1.807, 2.05) is 12.1 Å². The molecular weight excluding hydrogens is 602 g/mol. The van der Waals surface area contributed by atoms with Crippen LogP contribution in [-0.4, -0.2) is 78.1 Å². The maximum atomic E-state index is 13.6. The van der Waals surface area contributed by atoms with E-state index < -0.39 is 16.1 Å². The third-order valence-corrected chi connectivity index (χ3v) is 11.9. The minimum atomic E-state index is -4.13. The van der Waals surface area contributed by atoms with Crippen molar-refractivity contribution in [3.8, 4) is 5.75 Å². The van der Waals surface area contributed by atoms with Gasteiger partial charge in [0.25, 0.3) is 10.0 Å². The number of benzene rings is 2.